The molecule has 166 valence electrons. The van der Waals surface area contributed by atoms with E-state index in [4.69, 9.17) is 4.74 Å². The molecule has 1 N–H and O–H groups in total. The monoisotopic (exact) mass is 425 g/mol. The summed E-state index contributed by atoms with van der Waals surface area (Å²) in [6.45, 7) is 6.58. The van der Waals surface area contributed by atoms with Crippen LogP contribution in [0, 0.1) is 17.6 Å². The van der Waals surface area contributed by atoms with Crippen LogP contribution in [0.1, 0.15) is 44.0 Å². The molecule has 30 heavy (non-hydrogen) atoms. The van der Waals surface area contributed by atoms with Gasteiger partial charge in [-0.15, -0.1) is 0 Å². The van der Waals surface area contributed by atoms with Crippen molar-refractivity contribution in [3.8, 4) is 0 Å². The SMILES string of the molecule is CN(CC1CCCN(C(=O)CNC(=O)c2cc(F)cc(F)c2)C1)C(=O)OC(C)(C)C. The average Bonchev–Trinajstić information content (AvgIpc) is 2.63. The van der Waals surface area contributed by atoms with Crippen molar-refractivity contribution in [3.05, 3.63) is 35.4 Å². The predicted molar refractivity (Wildman–Crippen MR) is 107 cm³/mol. The lowest BCUT2D eigenvalue weighted by atomic mass is 9.97. The number of halogens is 2. The number of piperidine rings is 1. The van der Waals surface area contributed by atoms with Crippen LogP contribution in [0.15, 0.2) is 18.2 Å². The third-order valence-electron chi connectivity index (χ3n) is 4.63. The van der Waals surface area contributed by atoms with Gasteiger partial charge in [0.2, 0.25) is 5.91 Å². The van der Waals surface area contributed by atoms with E-state index in [1.807, 2.05) is 0 Å². The molecule has 1 saturated heterocycles. The van der Waals surface area contributed by atoms with E-state index in [-0.39, 0.29) is 23.9 Å². The van der Waals surface area contributed by atoms with Crippen LogP contribution in [0.5, 0.6) is 0 Å². The van der Waals surface area contributed by atoms with Gasteiger partial charge < -0.3 is 19.9 Å². The van der Waals surface area contributed by atoms with Crippen LogP contribution in [-0.2, 0) is 9.53 Å². The second-order valence-electron chi connectivity index (χ2n) is 8.55. The molecular formula is C21H29F2N3O4. The third-order valence-corrected chi connectivity index (χ3v) is 4.63. The molecule has 0 spiro atoms. The van der Waals surface area contributed by atoms with Gasteiger partial charge >= 0.3 is 6.09 Å². The maximum Gasteiger partial charge on any atom is 0.410 e. The van der Waals surface area contributed by atoms with Gasteiger partial charge in [-0.05, 0) is 51.7 Å². The van der Waals surface area contributed by atoms with Crippen molar-refractivity contribution in [3.63, 3.8) is 0 Å². The van der Waals surface area contributed by atoms with E-state index in [9.17, 15) is 23.2 Å². The van der Waals surface area contributed by atoms with Crippen LogP contribution < -0.4 is 5.32 Å². The Hall–Kier alpha value is -2.71. The Morgan fingerprint density at radius 3 is 2.43 bits per heavy atom. The number of ether oxygens (including phenoxy) is 1. The summed E-state index contributed by atoms with van der Waals surface area (Å²) in [5.41, 5.74) is -0.765. The minimum Gasteiger partial charge on any atom is -0.444 e. The first kappa shape index (κ1) is 23.6. The number of carbonyl (C=O) groups is 3. The van der Waals surface area contributed by atoms with E-state index in [2.05, 4.69) is 5.32 Å². The molecule has 1 aromatic carbocycles. The number of likely N-dealkylation sites (tertiary alicyclic amines) is 1. The van der Waals surface area contributed by atoms with Gasteiger partial charge in [-0.2, -0.15) is 0 Å². The van der Waals surface area contributed by atoms with Gasteiger partial charge in [0.1, 0.15) is 17.2 Å². The topological polar surface area (TPSA) is 79.0 Å². The molecule has 0 bridgehead atoms. The maximum atomic E-state index is 13.2. The van der Waals surface area contributed by atoms with E-state index in [1.54, 1.807) is 32.7 Å². The van der Waals surface area contributed by atoms with E-state index in [1.165, 1.54) is 4.90 Å². The molecule has 3 amide bonds. The molecule has 2 rings (SSSR count). The standard InChI is InChI=1S/C21H29F2N3O4/c1-21(2,3)30-20(29)25(4)12-14-6-5-7-26(13-14)18(27)11-24-19(28)15-8-16(22)10-17(23)9-15/h8-10,14H,5-7,11-13H2,1-4H3,(H,24,28). The molecule has 7 nitrogen and oxygen atoms in total. The summed E-state index contributed by atoms with van der Waals surface area (Å²) in [5.74, 6) is -2.64. The molecule has 1 unspecified atom stereocenters. The van der Waals surface area contributed by atoms with Gasteiger partial charge in [-0.1, -0.05) is 0 Å². The van der Waals surface area contributed by atoms with Gasteiger partial charge in [-0.3, -0.25) is 9.59 Å². The summed E-state index contributed by atoms with van der Waals surface area (Å²) in [7, 11) is 1.66. The zero-order valence-corrected chi connectivity index (χ0v) is 17.8. The molecule has 0 radical (unpaired) electrons. The number of rotatable bonds is 5. The van der Waals surface area contributed by atoms with Crippen LogP contribution in [0.4, 0.5) is 13.6 Å². The molecule has 1 aliphatic rings. The fourth-order valence-electron chi connectivity index (χ4n) is 3.30. The van der Waals surface area contributed by atoms with Crippen molar-refractivity contribution in [1.82, 2.24) is 15.1 Å². The van der Waals surface area contributed by atoms with Crippen LogP contribution in [0.2, 0.25) is 0 Å². The Kier molecular flexibility index (Phi) is 7.75. The Morgan fingerprint density at radius 1 is 1.20 bits per heavy atom. The molecule has 0 saturated carbocycles. The van der Waals surface area contributed by atoms with Gasteiger partial charge in [0, 0.05) is 38.3 Å². The molecule has 1 fully saturated rings. The van der Waals surface area contributed by atoms with E-state index < -0.39 is 29.2 Å². The van der Waals surface area contributed by atoms with E-state index >= 15 is 0 Å². The van der Waals surface area contributed by atoms with E-state index in [0.717, 1.165) is 25.0 Å². The average molecular weight is 425 g/mol. The number of hydrogen-bond donors (Lipinski definition) is 1. The smallest absolute Gasteiger partial charge is 0.410 e. The zero-order chi connectivity index (χ0) is 22.5. The Labute approximate surface area is 175 Å². The van der Waals surface area contributed by atoms with Gasteiger partial charge in [0.25, 0.3) is 5.91 Å². The first-order valence-electron chi connectivity index (χ1n) is 9.91. The van der Waals surface area contributed by atoms with Crippen LogP contribution in [0.3, 0.4) is 0 Å². The van der Waals surface area contributed by atoms with Crippen molar-refractivity contribution in [1.29, 1.82) is 0 Å². The maximum absolute atomic E-state index is 13.2. The molecule has 0 aliphatic carbocycles. The number of carbonyl (C=O) groups excluding carboxylic acids is 3. The normalized spacial score (nSPS) is 16.7. The Bertz CT molecular complexity index is 775. The largest absolute Gasteiger partial charge is 0.444 e. The highest BCUT2D eigenvalue weighted by Crippen LogP contribution is 2.19. The highest BCUT2D eigenvalue weighted by Gasteiger charge is 2.27. The van der Waals surface area contributed by atoms with Crippen molar-refractivity contribution in [2.24, 2.45) is 5.92 Å². The summed E-state index contributed by atoms with van der Waals surface area (Å²) in [4.78, 5) is 39.8. The Balaban J connectivity index is 1.85. The summed E-state index contributed by atoms with van der Waals surface area (Å²) in [5, 5.41) is 2.40. The third kappa shape index (κ3) is 7.27. The number of hydrogen-bond acceptors (Lipinski definition) is 4. The van der Waals surface area contributed by atoms with Crippen LogP contribution >= 0.6 is 0 Å². The highest BCUT2D eigenvalue weighted by molar-refractivity contribution is 5.96. The summed E-state index contributed by atoms with van der Waals surface area (Å²) in [6.07, 6.45) is 1.23. The molecule has 1 aliphatic heterocycles. The summed E-state index contributed by atoms with van der Waals surface area (Å²) >= 11 is 0. The number of benzene rings is 1. The molecule has 0 aromatic heterocycles. The molecule has 1 atom stereocenters. The minimum atomic E-state index is -0.862. The number of nitrogens with one attached hydrogen (secondary N) is 1. The van der Waals surface area contributed by atoms with Crippen LogP contribution in [-0.4, -0.2) is 66.5 Å². The van der Waals surface area contributed by atoms with Gasteiger partial charge in [0.05, 0.1) is 6.54 Å². The van der Waals surface area contributed by atoms with E-state index in [0.29, 0.717) is 25.7 Å². The van der Waals surface area contributed by atoms with Gasteiger partial charge in [0.15, 0.2) is 0 Å². The number of amides is 3. The van der Waals surface area contributed by atoms with Crippen molar-refractivity contribution in [2.45, 2.75) is 39.2 Å². The quantitative estimate of drug-likeness (QED) is 0.787. The van der Waals surface area contributed by atoms with Crippen molar-refractivity contribution >= 4 is 17.9 Å². The molecular weight excluding hydrogens is 396 g/mol. The van der Waals surface area contributed by atoms with Crippen molar-refractivity contribution in [2.75, 3.05) is 33.2 Å². The Morgan fingerprint density at radius 2 is 1.83 bits per heavy atom. The van der Waals surface area contributed by atoms with Gasteiger partial charge in [-0.25, -0.2) is 13.6 Å². The molecule has 9 heteroatoms. The first-order valence-corrected chi connectivity index (χ1v) is 9.91. The second kappa shape index (κ2) is 9.86. The van der Waals surface area contributed by atoms with Crippen LogP contribution in [0.25, 0.3) is 0 Å². The minimum absolute atomic E-state index is 0.0910. The predicted octanol–water partition coefficient (Wildman–Crippen LogP) is 2.80. The second-order valence-corrected chi connectivity index (χ2v) is 8.55. The fraction of sp³-hybridized carbons (Fsp3) is 0.571. The zero-order valence-electron chi connectivity index (χ0n) is 17.8. The fourth-order valence-corrected chi connectivity index (χ4v) is 3.30. The lowest BCUT2D eigenvalue weighted by molar-refractivity contribution is -0.132. The van der Waals surface area contributed by atoms with Crippen molar-refractivity contribution < 1.29 is 27.9 Å². The molecule has 1 heterocycles. The summed E-state index contributed by atoms with van der Waals surface area (Å²) < 4.78 is 31.8. The molecule has 1 aromatic rings. The lowest BCUT2D eigenvalue weighted by Crippen LogP contribution is -2.47. The highest BCUT2D eigenvalue weighted by atomic mass is 19.1. The lowest BCUT2D eigenvalue weighted by Gasteiger charge is -2.35. The first-order chi connectivity index (χ1) is 13.9. The number of nitrogens with zero attached hydrogens (tertiary/aromatic N) is 2. The summed E-state index contributed by atoms with van der Waals surface area (Å²) in [6, 6.07) is 2.49.